The lowest BCUT2D eigenvalue weighted by Gasteiger charge is -2.07. The normalized spacial score (nSPS) is 11.5. The first-order chi connectivity index (χ1) is 9.38. The number of hydrogen-bond acceptors (Lipinski definition) is 5. The summed E-state index contributed by atoms with van der Waals surface area (Å²) in [5, 5.41) is 13.7. The van der Waals surface area contributed by atoms with Crippen LogP contribution in [0.3, 0.4) is 0 Å². The largest absolute Gasteiger partial charge is 0.317 e. The first-order valence-electron chi connectivity index (χ1n) is 6.03. The number of nitro groups is 1. The van der Waals surface area contributed by atoms with E-state index in [4.69, 9.17) is 11.6 Å². The lowest BCUT2D eigenvalue weighted by atomic mass is 10.3. The van der Waals surface area contributed by atoms with Crippen molar-refractivity contribution >= 4 is 27.3 Å². The van der Waals surface area contributed by atoms with Crippen molar-refractivity contribution in [3.8, 4) is 0 Å². The van der Waals surface area contributed by atoms with Gasteiger partial charge in [0.1, 0.15) is 5.02 Å². The zero-order valence-corrected chi connectivity index (χ0v) is 12.5. The lowest BCUT2D eigenvalue weighted by molar-refractivity contribution is -0.384. The third-order valence-electron chi connectivity index (χ3n) is 2.50. The standard InChI is InChI=1S/C11H16ClN3O4S/c1-2-13-6-3-7-14-20(18,19)9-4-5-10(12)11(8-9)15(16)17/h4-5,8,13-14H,2-3,6-7H2,1H3. The second kappa shape index (κ2) is 7.53. The van der Waals surface area contributed by atoms with E-state index in [-0.39, 0.29) is 16.5 Å². The molecular weight excluding hydrogens is 306 g/mol. The van der Waals surface area contributed by atoms with Crippen LogP contribution in [-0.4, -0.2) is 33.0 Å². The van der Waals surface area contributed by atoms with Gasteiger partial charge >= 0.3 is 0 Å². The molecule has 1 aromatic rings. The summed E-state index contributed by atoms with van der Waals surface area (Å²) in [5.74, 6) is 0. The molecule has 0 fully saturated rings. The van der Waals surface area contributed by atoms with Crippen LogP contribution in [0.4, 0.5) is 5.69 Å². The van der Waals surface area contributed by atoms with Crippen LogP contribution in [-0.2, 0) is 10.0 Å². The fourth-order valence-electron chi connectivity index (χ4n) is 1.48. The van der Waals surface area contributed by atoms with Crippen LogP contribution >= 0.6 is 11.6 Å². The van der Waals surface area contributed by atoms with Gasteiger partial charge in [0.05, 0.1) is 9.82 Å². The van der Waals surface area contributed by atoms with Gasteiger partial charge in [-0.2, -0.15) is 0 Å². The molecule has 1 aromatic carbocycles. The fourth-order valence-corrected chi connectivity index (χ4v) is 2.76. The van der Waals surface area contributed by atoms with Gasteiger partial charge < -0.3 is 5.32 Å². The van der Waals surface area contributed by atoms with Crippen molar-refractivity contribution in [2.45, 2.75) is 18.2 Å². The highest BCUT2D eigenvalue weighted by atomic mass is 35.5. The minimum absolute atomic E-state index is 0.0962. The Kier molecular flexibility index (Phi) is 6.34. The number of nitrogens with zero attached hydrogens (tertiary/aromatic N) is 1. The number of halogens is 1. The molecule has 0 atom stereocenters. The molecule has 0 aromatic heterocycles. The second-order valence-electron chi connectivity index (χ2n) is 3.98. The van der Waals surface area contributed by atoms with Crippen LogP contribution in [0.1, 0.15) is 13.3 Å². The Hall–Kier alpha value is -1.22. The third kappa shape index (κ3) is 4.71. The monoisotopic (exact) mass is 321 g/mol. The van der Waals surface area contributed by atoms with E-state index in [1.54, 1.807) is 0 Å². The lowest BCUT2D eigenvalue weighted by Crippen LogP contribution is -2.27. The molecule has 0 saturated carbocycles. The van der Waals surface area contributed by atoms with E-state index in [1.165, 1.54) is 12.1 Å². The Balaban J connectivity index is 2.77. The molecule has 0 saturated heterocycles. The predicted molar refractivity (Wildman–Crippen MR) is 76.5 cm³/mol. The molecule has 0 aliphatic heterocycles. The maximum atomic E-state index is 12.0. The molecule has 0 radical (unpaired) electrons. The Morgan fingerprint density at radius 1 is 1.35 bits per heavy atom. The summed E-state index contributed by atoms with van der Waals surface area (Å²) < 4.78 is 26.3. The van der Waals surface area contributed by atoms with Gasteiger partial charge in [0.25, 0.3) is 5.69 Å². The molecule has 2 N–H and O–H groups in total. The predicted octanol–water partition coefficient (Wildman–Crippen LogP) is 1.53. The second-order valence-corrected chi connectivity index (χ2v) is 6.15. The SMILES string of the molecule is CCNCCCNS(=O)(=O)c1ccc(Cl)c([N+](=O)[O-])c1. The highest BCUT2D eigenvalue weighted by Crippen LogP contribution is 2.26. The molecule has 112 valence electrons. The van der Waals surface area contributed by atoms with E-state index in [2.05, 4.69) is 10.0 Å². The molecule has 0 aliphatic rings. The van der Waals surface area contributed by atoms with Crippen LogP contribution in [0, 0.1) is 10.1 Å². The smallest absolute Gasteiger partial charge is 0.289 e. The number of hydrogen-bond donors (Lipinski definition) is 2. The number of benzene rings is 1. The number of nitrogens with one attached hydrogen (secondary N) is 2. The maximum Gasteiger partial charge on any atom is 0.289 e. The Morgan fingerprint density at radius 2 is 2.05 bits per heavy atom. The van der Waals surface area contributed by atoms with Gasteiger partial charge in [-0.15, -0.1) is 0 Å². The zero-order valence-electron chi connectivity index (χ0n) is 10.9. The van der Waals surface area contributed by atoms with Crippen LogP contribution in [0.2, 0.25) is 5.02 Å². The highest BCUT2D eigenvalue weighted by Gasteiger charge is 2.20. The van der Waals surface area contributed by atoms with Crippen molar-refractivity contribution < 1.29 is 13.3 Å². The molecule has 7 nitrogen and oxygen atoms in total. The summed E-state index contributed by atoms with van der Waals surface area (Å²) in [6.07, 6.45) is 0.628. The summed E-state index contributed by atoms with van der Waals surface area (Å²) in [7, 11) is -3.76. The molecule has 0 heterocycles. The molecule has 9 heteroatoms. The minimum Gasteiger partial charge on any atom is -0.317 e. The first-order valence-corrected chi connectivity index (χ1v) is 7.89. The van der Waals surface area contributed by atoms with Crippen molar-refractivity contribution in [1.29, 1.82) is 0 Å². The number of sulfonamides is 1. The van der Waals surface area contributed by atoms with E-state index in [1.807, 2.05) is 6.92 Å². The van der Waals surface area contributed by atoms with Gasteiger partial charge in [-0.25, -0.2) is 13.1 Å². The average molecular weight is 322 g/mol. The van der Waals surface area contributed by atoms with Crippen LogP contribution in [0.25, 0.3) is 0 Å². The van der Waals surface area contributed by atoms with Gasteiger partial charge in [0.15, 0.2) is 0 Å². The highest BCUT2D eigenvalue weighted by molar-refractivity contribution is 7.89. The third-order valence-corrected chi connectivity index (χ3v) is 4.28. The van der Waals surface area contributed by atoms with Crippen molar-refractivity contribution in [1.82, 2.24) is 10.0 Å². The van der Waals surface area contributed by atoms with Crippen LogP contribution in [0.15, 0.2) is 23.1 Å². The van der Waals surface area contributed by atoms with Crippen LogP contribution < -0.4 is 10.0 Å². The van der Waals surface area contributed by atoms with Crippen molar-refractivity contribution in [3.05, 3.63) is 33.3 Å². The van der Waals surface area contributed by atoms with E-state index in [9.17, 15) is 18.5 Å². The topological polar surface area (TPSA) is 101 Å². The molecule has 0 bridgehead atoms. The van der Waals surface area contributed by atoms with Crippen LogP contribution in [0.5, 0.6) is 0 Å². The Bertz CT molecular complexity index is 577. The van der Waals surface area contributed by atoms with Crippen molar-refractivity contribution in [3.63, 3.8) is 0 Å². The molecule has 0 aliphatic carbocycles. The van der Waals surface area contributed by atoms with Crippen molar-refractivity contribution in [2.24, 2.45) is 0 Å². The summed E-state index contributed by atoms with van der Waals surface area (Å²) in [6, 6.07) is 3.39. The molecular formula is C11H16ClN3O4S. The van der Waals surface area contributed by atoms with E-state index in [0.717, 1.165) is 12.6 Å². The summed E-state index contributed by atoms with van der Waals surface area (Å²) in [6.45, 7) is 3.72. The Morgan fingerprint density at radius 3 is 2.65 bits per heavy atom. The van der Waals surface area contributed by atoms with Gasteiger partial charge in [0.2, 0.25) is 10.0 Å². The van der Waals surface area contributed by atoms with Gasteiger partial charge in [-0.3, -0.25) is 10.1 Å². The number of rotatable bonds is 8. The van der Waals surface area contributed by atoms with Gasteiger partial charge in [0, 0.05) is 12.6 Å². The quantitative estimate of drug-likeness (QED) is 0.429. The minimum atomic E-state index is -3.76. The number of nitro benzene ring substituents is 1. The van der Waals surface area contributed by atoms with E-state index < -0.39 is 20.6 Å². The van der Waals surface area contributed by atoms with E-state index >= 15 is 0 Å². The van der Waals surface area contributed by atoms with Crippen molar-refractivity contribution in [2.75, 3.05) is 19.6 Å². The molecule has 20 heavy (non-hydrogen) atoms. The summed E-state index contributed by atoms with van der Waals surface area (Å²) in [5.41, 5.74) is -0.429. The molecule has 0 amide bonds. The van der Waals surface area contributed by atoms with Gasteiger partial charge in [-0.1, -0.05) is 18.5 Å². The zero-order chi connectivity index (χ0) is 15.2. The Labute approximate surface area is 122 Å². The average Bonchev–Trinajstić information content (AvgIpc) is 2.38. The summed E-state index contributed by atoms with van der Waals surface area (Å²) >= 11 is 5.64. The molecule has 0 unspecified atom stereocenters. The maximum absolute atomic E-state index is 12.0. The molecule has 1 rings (SSSR count). The molecule has 0 spiro atoms. The summed E-state index contributed by atoms with van der Waals surface area (Å²) in [4.78, 5) is 9.85. The van der Waals surface area contributed by atoms with Gasteiger partial charge in [-0.05, 0) is 31.6 Å². The fraction of sp³-hybridized carbons (Fsp3) is 0.455. The van der Waals surface area contributed by atoms with E-state index in [0.29, 0.717) is 13.0 Å². The first kappa shape index (κ1) is 16.8.